The fraction of sp³-hybridized carbons (Fsp3) is 0.250. The molecule has 1 aliphatic heterocycles. The number of halogens is 1. The summed E-state index contributed by atoms with van der Waals surface area (Å²) in [7, 11) is 1.76. The van der Waals surface area contributed by atoms with Crippen molar-refractivity contribution in [1.29, 1.82) is 0 Å². The number of hydrogen-bond acceptors (Lipinski definition) is 4. The monoisotopic (exact) mass is 351 g/mol. The van der Waals surface area contributed by atoms with Crippen LogP contribution in [0, 0.1) is 12.7 Å². The van der Waals surface area contributed by atoms with E-state index < -0.39 is 11.2 Å². The molecule has 6 heteroatoms. The van der Waals surface area contributed by atoms with E-state index in [-0.39, 0.29) is 17.4 Å². The topological polar surface area (TPSA) is 59.2 Å². The van der Waals surface area contributed by atoms with Crippen molar-refractivity contribution in [2.24, 2.45) is 0 Å². The lowest BCUT2D eigenvalue weighted by atomic mass is 9.86. The molecule has 0 spiro atoms. The number of likely N-dealkylation sites (N-methyl/N-ethyl adjacent to an activating group) is 1. The summed E-state index contributed by atoms with van der Waals surface area (Å²) in [6.07, 6.45) is 2.72. The number of carbonyl (C=O) groups excluding carboxylic acids is 1. The van der Waals surface area contributed by atoms with Crippen LogP contribution in [0.4, 0.5) is 10.1 Å². The molecule has 0 saturated heterocycles. The number of anilines is 1. The Morgan fingerprint density at radius 2 is 1.92 bits per heavy atom. The van der Waals surface area contributed by atoms with Crippen LogP contribution < -0.4 is 4.90 Å². The summed E-state index contributed by atoms with van der Waals surface area (Å²) in [4.78, 5) is 22.2. The Hall–Kier alpha value is -3.02. The van der Waals surface area contributed by atoms with Crippen molar-refractivity contribution in [2.45, 2.75) is 26.2 Å². The Kier molecular flexibility index (Phi) is 3.47. The second-order valence-electron chi connectivity index (χ2n) is 7.06. The molecule has 0 N–H and O–H groups in total. The van der Waals surface area contributed by atoms with Crippen LogP contribution in [0.25, 0.3) is 22.8 Å². The molecule has 0 unspecified atom stereocenters. The zero-order valence-electron chi connectivity index (χ0n) is 15.0. The van der Waals surface area contributed by atoms with Crippen LogP contribution in [0.1, 0.15) is 25.1 Å². The van der Waals surface area contributed by atoms with Crippen LogP contribution in [0.15, 0.2) is 41.1 Å². The minimum absolute atomic E-state index is 0.0530. The Morgan fingerprint density at radius 3 is 2.69 bits per heavy atom. The van der Waals surface area contributed by atoms with Gasteiger partial charge in [-0.15, -0.1) is 0 Å². The number of fused-ring (bicyclic) bond motifs is 1. The van der Waals surface area contributed by atoms with Gasteiger partial charge in [0.2, 0.25) is 11.8 Å². The van der Waals surface area contributed by atoms with E-state index in [4.69, 9.17) is 4.42 Å². The molecule has 1 amide bonds. The molecule has 5 nitrogen and oxygen atoms in total. The van der Waals surface area contributed by atoms with Gasteiger partial charge in [-0.05, 0) is 38.5 Å². The number of nitrogens with zero attached hydrogens (tertiary/aromatic N) is 3. The van der Waals surface area contributed by atoms with Gasteiger partial charge in [-0.3, -0.25) is 9.78 Å². The zero-order chi connectivity index (χ0) is 18.6. The van der Waals surface area contributed by atoms with Gasteiger partial charge in [0, 0.05) is 24.0 Å². The van der Waals surface area contributed by atoms with Crippen molar-refractivity contribution < 1.29 is 13.6 Å². The number of aryl methyl sites for hydroxylation is 1. The van der Waals surface area contributed by atoms with Crippen LogP contribution in [0.5, 0.6) is 0 Å². The summed E-state index contributed by atoms with van der Waals surface area (Å²) >= 11 is 0. The summed E-state index contributed by atoms with van der Waals surface area (Å²) < 4.78 is 19.8. The van der Waals surface area contributed by atoms with E-state index in [9.17, 15) is 9.18 Å². The molecule has 26 heavy (non-hydrogen) atoms. The van der Waals surface area contributed by atoms with E-state index in [1.807, 2.05) is 32.0 Å². The lowest BCUT2D eigenvalue weighted by Gasteiger charge is -2.16. The number of amides is 1. The van der Waals surface area contributed by atoms with Crippen LogP contribution in [0.3, 0.4) is 0 Å². The van der Waals surface area contributed by atoms with Crippen molar-refractivity contribution in [3.8, 4) is 22.8 Å². The first-order chi connectivity index (χ1) is 12.3. The summed E-state index contributed by atoms with van der Waals surface area (Å²) in [5.41, 5.74) is 3.02. The average Bonchev–Trinajstić information content (AvgIpc) is 3.17. The molecule has 2 aromatic heterocycles. The Bertz CT molecular complexity index is 1040. The highest BCUT2D eigenvalue weighted by Crippen LogP contribution is 2.42. The molecule has 0 fully saturated rings. The van der Waals surface area contributed by atoms with Gasteiger partial charge in [0.05, 0.1) is 23.4 Å². The lowest BCUT2D eigenvalue weighted by molar-refractivity contribution is -0.121. The number of oxazole rings is 1. The van der Waals surface area contributed by atoms with E-state index in [0.717, 1.165) is 23.0 Å². The standard InChI is InChI=1S/C20H18FN3O2/c1-11-7-13(15(21)9-22-11)18-23-10-17(26-18)12-5-6-14-16(8-12)24(4)19(25)20(14,2)3/h5-10H,1-4H3. The van der Waals surface area contributed by atoms with E-state index >= 15 is 0 Å². The van der Waals surface area contributed by atoms with Gasteiger partial charge in [0.1, 0.15) is 0 Å². The van der Waals surface area contributed by atoms with Crippen molar-refractivity contribution in [1.82, 2.24) is 9.97 Å². The third-order valence-corrected chi connectivity index (χ3v) is 4.88. The van der Waals surface area contributed by atoms with Gasteiger partial charge in [0.15, 0.2) is 11.6 Å². The largest absolute Gasteiger partial charge is 0.436 e. The highest BCUT2D eigenvalue weighted by Gasteiger charge is 2.42. The van der Waals surface area contributed by atoms with Crippen molar-refractivity contribution in [2.75, 3.05) is 11.9 Å². The van der Waals surface area contributed by atoms with Crippen molar-refractivity contribution in [3.05, 3.63) is 53.7 Å². The fourth-order valence-corrected chi connectivity index (χ4v) is 3.37. The second kappa shape index (κ2) is 5.49. The second-order valence-corrected chi connectivity index (χ2v) is 7.06. The van der Waals surface area contributed by atoms with Gasteiger partial charge < -0.3 is 9.32 Å². The Morgan fingerprint density at radius 1 is 1.15 bits per heavy atom. The third kappa shape index (κ3) is 2.33. The van der Waals surface area contributed by atoms with Crippen molar-refractivity contribution >= 4 is 11.6 Å². The number of pyridine rings is 1. The molecule has 0 radical (unpaired) electrons. The Labute approximate surface area is 150 Å². The molecule has 1 aliphatic rings. The highest BCUT2D eigenvalue weighted by molar-refractivity contribution is 6.07. The van der Waals surface area contributed by atoms with Gasteiger partial charge >= 0.3 is 0 Å². The van der Waals surface area contributed by atoms with Crippen LogP contribution in [-0.4, -0.2) is 22.9 Å². The van der Waals surface area contributed by atoms with Gasteiger partial charge in [-0.25, -0.2) is 9.37 Å². The minimum Gasteiger partial charge on any atom is -0.436 e. The first-order valence-corrected chi connectivity index (χ1v) is 8.30. The lowest BCUT2D eigenvalue weighted by Crippen LogP contribution is -2.33. The molecule has 1 aromatic carbocycles. The molecule has 3 aromatic rings. The number of hydrogen-bond donors (Lipinski definition) is 0. The van der Waals surface area contributed by atoms with Crippen molar-refractivity contribution in [3.63, 3.8) is 0 Å². The predicted octanol–water partition coefficient (Wildman–Crippen LogP) is 4.11. The van der Waals surface area contributed by atoms with E-state index in [1.54, 1.807) is 31.1 Å². The predicted molar refractivity (Wildman–Crippen MR) is 96.3 cm³/mol. The first kappa shape index (κ1) is 16.4. The normalized spacial score (nSPS) is 15.4. The summed E-state index contributed by atoms with van der Waals surface area (Å²) in [6.45, 7) is 5.61. The summed E-state index contributed by atoms with van der Waals surface area (Å²) in [6, 6.07) is 7.33. The molecule has 4 rings (SSSR count). The van der Waals surface area contributed by atoms with E-state index in [1.165, 1.54) is 0 Å². The fourth-order valence-electron chi connectivity index (χ4n) is 3.37. The SMILES string of the molecule is Cc1cc(-c2ncc(-c3ccc4c(c3)N(C)C(=O)C4(C)C)o2)c(F)cn1. The molecule has 132 valence electrons. The summed E-state index contributed by atoms with van der Waals surface area (Å²) in [5.74, 6) is 0.290. The molecule has 0 aliphatic carbocycles. The smallest absolute Gasteiger partial charge is 0.236 e. The molecule has 3 heterocycles. The number of carbonyl (C=O) groups is 1. The third-order valence-electron chi connectivity index (χ3n) is 4.88. The first-order valence-electron chi connectivity index (χ1n) is 8.30. The van der Waals surface area contributed by atoms with E-state index in [0.29, 0.717) is 11.5 Å². The molecule has 0 saturated carbocycles. The van der Waals surface area contributed by atoms with Gasteiger partial charge in [-0.1, -0.05) is 12.1 Å². The highest BCUT2D eigenvalue weighted by atomic mass is 19.1. The maximum Gasteiger partial charge on any atom is 0.236 e. The maximum absolute atomic E-state index is 14.0. The van der Waals surface area contributed by atoms with Crippen LogP contribution in [0.2, 0.25) is 0 Å². The quantitative estimate of drug-likeness (QED) is 0.697. The summed E-state index contributed by atoms with van der Waals surface area (Å²) in [5, 5.41) is 0. The molecule has 0 atom stereocenters. The minimum atomic E-state index is -0.549. The molecule has 0 bridgehead atoms. The van der Waals surface area contributed by atoms with E-state index in [2.05, 4.69) is 9.97 Å². The zero-order valence-corrected chi connectivity index (χ0v) is 15.0. The molecular formula is C20H18FN3O2. The van der Waals surface area contributed by atoms with Crippen LogP contribution in [-0.2, 0) is 10.2 Å². The van der Waals surface area contributed by atoms with Gasteiger partial charge in [-0.2, -0.15) is 0 Å². The maximum atomic E-state index is 14.0. The average molecular weight is 351 g/mol. The number of aromatic nitrogens is 2. The van der Waals surface area contributed by atoms with Crippen LogP contribution >= 0.6 is 0 Å². The van der Waals surface area contributed by atoms with Gasteiger partial charge in [0.25, 0.3) is 0 Å². The molecular weight excluding hydrogens is 333 g/mol. The number of benzene rings is 1. The Balaban J connectivity index is 1.76. The number of rotatable bonds is 2.